The van der Waals surface area contributed by atoms with Gasteiger partial charge in [-0.15, -0.1) is 0 Å². The van der Waals surface area contributed by atoms with Crippen molar-refractivity contribution >= 4 is 37.6 Å². The second-order valence-electron chi connectivity index (χ2n) is 3.44. The van der Waals surface area contributed by atoms with Crippen LogP contribution in [0.15, 0.2) is 44.1 Å². The van der Waals surface area contributed by atoms with Crippen molar-refractivity contribution in [2.45, 2.75) is 6.42 Å². The van der Waals surface area contributed by atoms with Crippen LogP contribution in [-0.4, -0.2) is 5.78 Å². The molecule has 0 bridgehead atoms. The maximum Gasteiger partial charge on any atom is 0.179 e. The van der Waals surface area contributed by atoms with Crippen LogP contribution in [-0.2, 0) is 6.42 Å². The van der Waals surface area contributed by atoms with Crippen LogP contribution in [0.4, 0.5) is 4.39 Å². The van der Waals surface area contributed by atoms with Gasteiger partial charge in [0.2, 0.25) is 0 Å². The molecule has 0 aliphatic rings. The highest BCUT2D eigenvalue weighted by molar-refractivity contribution is 9.10. The van der Waals surface area contributed by atoms with Crippen LogP contribution in [0, 0.1) is 5.82 Å². The van der Waals surface area contributed by atoms with Crippen LogP contribution >= 0.6 is 31.9 Å². The number of hydrogen-bond donors (Lipinski definition) is 0. The summed E-state index contributed by atoms with van der Waals surface area (Å²) in [4.78, 5) is 11.9. The first kappa shape index (κ1) is 12.5. The van der Waals surface area contributed by atoms with E-state index in [9.17, 15) is 9.18 Å². The van der Waals surface area contributed by atoms with Gasteiger partial charge in [-0.1, -0.05) is 22.0 Å². The molecule has 0 aliphatic heterocycles. The van der Waals surface area contributed by atoms with Crippen molar-refractivity contribution in [3.63, 3.8) is 0 Å². The number of Topliss-reactive ketones (excluding diaryl/α,β-unsaturated/α-hetero) is 1. The summed E-state index contributed by atoms with van der Waals surface area (Å²) in [6.45, 7) is 0. The van der Waals surface area contributed by atoms with Gasteiger partial charge in [0.25, 0.3) is 0 Å². The molecule has 17 heavy (non-hydrogen) atoms. The lowest BCUT2D eigenvalue weighted by molar-refractivity contribution is 0.0990. The fourth-order valence-electron chi connectivity index (χ4n) is 1.43. The van der Waals surface area contributed by atoms with Crippen molar-refractivity contribution in [3.05, 3.63) is 56.6 Å². The van der Waals surface area contributed by atoms with E-state index in [-0.39, 0.29) is 12.2 Å². The Balaban J connectivity index is 2.22. The summed E-state index contributed by atoms with van der Waals surface area (Å²) >= 11 is 6.29. The van der Waals surface area contributed by atoms with Crippen LogP contribution in [0.2, 0.25) is 0 Å². The molecular formula is C12H7Br2FO2. The molecule has 0 radical (unpaired) electrons. The number of halogens is 3. The molecule has 0 spiro atoms. The summed E-state index contributed by atoms with van der Waals surface area (Å²) in [5.41, 5.74) is 0.790. The molecule has 0 amide bonds. The first-order chi connectivity index (χ1) is 8.08. The Morgan fingerprint density at radius 1 is 1.29 bits per heavy atom. The van der Waals surface area contributed by atoms with Crippen LogP contribution in [0.25, 0.3) is 0 Å². The maximum atomic E-state index is 13.5. The Morgan fingerprint density at radius 3 is 2.65 bits per heavy atom. The number of ketones is 1. The largest absolute Gasteiger partial charge is 0.457 e. The number of benzene rings is 1. The van der Waals surface area contributed by atoms with Crippen LogP contribution in [0.3, 0.4) is 0 Å². The molecule has 0 fully saturated rings. The Hall–Kier alpha value is -0.940. The number of carbonyl (C=O) groups excluding carboxylic acids is 1. The number of hydrogen-bond acceptors (Lipinski definition) is 2. The predicted molar refractivity (Wildman–Crippen MR) is 68.5 cm³/mol. The van der Waals surface area contributed by atoms with E-state index >= 15 is 0 Å². The molecule has 1 aromatic heterocycles. The van der Waals surface area contributed by atoms with E-state index < -0.39 is 5.82 Å². The third-order valence-corrected chi connectivity index (χ3v) is 3.39. The van der Waals surface area contributed by atoms with Gasteiger partial charge in [0, 0.05) is 10.9 Å². The summed E-state index contributed by atoms with van der Waals surface area (Å²) in [7, 11) is 0. The fourth-order valence-corrected chi connectivity index (χ4v) is 2.22. The fraction of sp³-hybridized carbons (Fsp3) is 0.0833. The summed E-state index contributed by atoms with van der Waals surface area (Å²) in [5.74, 6) is -0.584. The topological polar surface area (TPSA) is 30.2 Å². The van der Waals surface area contributed by atoms with Gasteiger partial charge in [-0.2, -0.15) is 0 Å². The van der Waals surface area contributed by atoms with Crippen molar-refractivity contribution in [2.75, 3.05) is 0 Å². The van der Waals surface area contributed by atoms with E-state index in [1.165, 1.54) is 12.3 Å². The van der Waals surface area contributed by atoms with Crippen molar-refractivity contribution in [1.29, 1.82) is 0 Å². The molecule has 88 valence electrons. The monoisotopic (exact) mass is 360 g/mol. The smallest absolute Gasteiger partial charge is 0.179 e. The normalized spacial score (nSPS) is 10.5. The number of furan rings is 1. The average molecular weight is 362 g/mol. The second kappa shape index (κ2) is 5.14. The molecule has 1 aromatic carbocycles. The summed E-state index contributed by atoms with van der Waals surface area (Å²) in [6.07, 6.45) is 1.42. The van der Waals surface area contributed by atoms with Gasteiger partial charge in [0.15, 0.2) is 10.5 Å². The minimum absolute atomic E-state index is 0.0112. The standard InChI is InChI=1S/C12H7Br2FO2/c13-8-2-1-7(10(15)6-8)5-11(16)9-3-4-17-12(9)14/h1-4,6H,5H2. The van der Waals surface area contributed by atoms with Crippen LogP contribution in [0.5, 0.6) is 0 Å². The summed E-state index contributed by atoms with van der Waals surface area (Å²) in [5, 5.41) is 0. The molecule has 2 nitrogen and oxygen atoms in total. The Labute approximate surface area is 114 Å². The summed E-state index contributed by atoms with van der Waals surface area (Å²) < 4.78 is 19.5. The minimum atomic E-state index is -0.396. The Morgan fingerprint density at radius 2 is 2.06 bits per heavy atom. The Kier molecular flexibility index (Phi) is 3.79. The minimum Gasteiger partial charge on any atom is -0.457 e. The van der Waals surface area contributed by atoms with Gasteiger partial charge in [0.1, 0.15) is 5.82 Å². The molecule has 0 saturated heterocycles. The van der Waals surface area contributed by atoms with Gasteiger partial charge in [0.05, 0.1) is 11.8 Å². The van der Waals surface area contributed by atoms with E-state index in [0.29, 0.717) is 20.3 Å². The quantitative estimate of drug-likeness (QED) is 0.760. The molecule has 2 aromatic rings. The van der Waals surface area contributed by atoms with E-state index in [4.69, 9.17) is 4.42 Å². The van der Waals surface area contributed by atoms with Gasteiger partial charge in [-0.3, -0.25) is 4.79 Å². The lowest BCUT2D eigenvalue weighted by atomic mass is 10.1. The highest BCUT2D eigenvalue weighted by atomic mass is 79.9. The second-order valence-corrected chi connectivity index (χ2v) is 5.08. The zero-order chi connectivity index (χ0) is 12.4. The van der Waals surface area contributed by atoms with E-state index in [0.717, 1.165) is 0 Å². The molecular weight excluding hydrogens is 355 g/mol. The lowest BCUT2D eigenvalue weighted by Gasteiger charge is -2.02. The number of rotatable bonds is 3. The molecule has 5 heteroatoms. The van der Waals surface area contributed by atoms with Crippen molar-refractivity contribution in [2.24, 2.45) is 0 Å². The van der Waals surface area contributed by atoms with Crippen LogP contribution in [0.1, 0.15) is 15.9 Å². The van der Waals surface area contributed by atoms with Gasteiger partial charge in [-0.05, 0) is 39.7 Å². The summed E-state index contributed by atoms with van der Waals surface area (Å²) in [6, 6.07) is 6.19. The molecule has 1 heterocycles. The molecule has 0 atom stereocenters. The molecule has 0 aliphatic carbocycles. The average Bonchev–Trinajstić information content (AvgIpc) is 2.68. The molecule has 0 saturated carbocycles. The lowest BCUT2D eigenvalue weighted by Crippen LogP contribution is -2.04. The van der Waals surface area contributed by atoms with E-state index in [2.05, 4.69) is 31.9 Å². The first-order valence-electron chi connectivity index (χ1n) is 4.78. The van der Waals surface area contributed by atoms with Gasteiger partial charge in [-0.25, -0.2) is 4.39 Å². The number of carbonyl (C=O) groups is 1. The predicted octanol–water partition coefficient (Wildman–Crippen LogP) is 4.37. The SMILES string of the molecule is O=C(Cc1ccc(Br)cc1F)c1ccoc1Br. The highest BCUT2D eigenvalue weighted by Gasteiger charge is 2.15. The molecule has 2 rings (SSSR count). The van der Waals surface area contributed by atoms with Crippen LogP contribution < -0.4 is 0 Å². The third kappa shape index (κ3) is 2.84. The van der Waals surface area contributed by atoms with E-state index in [1.54, 1.807) is 18.2 Å². The zero-order valence-electron chi connectivity index (χ0n) is 8.54. The van der Waals surface area contributed by atoms with Crippen molar-refractivity contribution in [1.82, 2.24) is 0 Å². The Bertz CT molecular complexity index is 563. The van der Waals surface area contributed by atoms with Gasteiger partial charge >= 0.3 is 0 Å². The maximum absolute atomic E-state index is 13.5. The van der Waals surface area contributed by atoms with Crippen molar-refractivity contribution < 1.29 is 13.6 Å². The van der Waals surface area contributed by atoms with Gasteiger partial charge < -0.3 is 4.42 Å². The third-order valence-electron chi connectivity index (χ3n) is 2.28. The van der Waals surface area contributed by atoms with E-state index in [1.807, 2.05) is 0 Å². The van der Waals surface area contributed by atoms with Crippen molar-refractivity contribution in [3.8, 4) is 0 Å². The highest BCUT2D eigenvalue weighted by Crippen LogP contribution is 2.21. The molecule has 0 N–H and O–H groups in total. The molecule has 0 unspecified atom stereocenters. The zero-order valence-corrected chi connectivity index (χ0v) is 11.7. The first-order valence-corrected chi connectivity index (χ1v) is 6.36.